The Morgan fingerprint density at radius 3 is 2.47 bits per heavy atom. The topological polar surface area (TPSA) is 29.1 Å². The van der Waals surface area contributed by atoms with Gasteiger partial charge in [-0.1, -0.05) is 49.5 Å². The standard InChI is InChI=1S/C12H24BrNO/c1-4-6-7-11(5-2)12(15)14-9-8-10(3)13/h10-11H,4-9H2,1-3H3,(H,14,15). The summed E-state index contributed by atoms with van der Waals surface area (Å²) in [5.74, 6) is 0.453. The molecular weight excluding hydrogens is 254 g/mol. The molecule has 90 valence electrons. The van der Waals surface area contributed by atoms with E-state index in [0.29, 0.717) is 4.83 Å². The average molecular weight is 278 g/mol. The van der Waals surface area contributed by atoms with E-state index in [4.69, 9.17) is 0 Å². The van der Waals surface area contributed by atoms with Crippen molar-refractivity contribution in [3.8, 4) is 0 Å². The van der Waals surface area contributed by atoms with E-state index in [0.717, 1.165) is 32.2 Å². The van der Waals surface area contributed by atoms with E-state index in [2.05, 4.69) is 42.0 Å². The Morgan fingerprint density at radius 1 is 1.33 bits per heavy atom. The summed E-state index contributed by atoms with van der Waals surface area (Å²) in [6.07, 6.45) is 5.30. The van der Waals surface area contributed by atoms with Gasteiger partial charge in [-0.2, -0.15) is 0 Å². The molecule has 0 heterocycles. The Bertz CT molecular complexity index is 171. The second-order valence-corrected chi connectivity index (χ2v) is 5.67. The fourth-order valence-corrected chi connectivity index (χ4v) is 1.74. The van der Waals surface area contributed by atoms with Gasteiger partial charge in [0.05, 0.1) is 0 Å². The van der Waals surface area contributed by atoms with Gasteiger partial charge >= 0.3 is 0 Å². The molecule has 2 atom stereocenters. The van der Waals surface area contributed by atoms with Gasteiger partial charge in [0.15, 0.2) is 0 Å². The van der Waals surface area contributed by atoms with Gasteiger partial charge in [-0.15, -0.1) is 0 Å². The minimum atomic E-state index is 0.218. The van der Waals surface area contributed by atoms with Crippen molar-refractivity contribution in [3.63, 3.8) is 0 Å². The SMILES string of the molecule is CCCCC(CC)C(=O)NCCC(C)Br. The highest BCUT2D eigenvalue weighted by Crippen LogP contribution is 2.12. The minimum Gasteiger partial charge on any atom is -0.356 e. The maximum Gasteiger partial charge on any atom is 0.223 e. The molecule has 0 bridgehead atoms. The van der Waals surface area contributed by atoms with E-state index in [1.807, 2.05) is 0 Å². The number of nitrogens with one attached hydrogen (secondary N) is 1. The van der Waals surface area contributed by atoms with Gasteiger partial charge in [0.2, 0.25) is 5.91 Å². The number of hydrogen-bond acceptors (Lipinski definition) is 1. The van der Waals surface area contributed by atoms with Gasteiger partial charge in [-0.3, -0.25) is 4.79 Å². The van der Waals surface area contributed by atoms with Crippen LogP contribution in [0.3, 0.4) is 0 Å². The van der Waals surface area contributed by atoms with Crippen molar-refractivity contribution >= 4 is 21.8 Å². The summed E-state index contributed by atoms with van der Waals surface area (Å²) in [6.45, 7) is 7.14. The molecular formula is C12H24BrNO. The fourth-order valence-electron chi connectivity index (χ4n) is 1.51. The number of carbonyl (C=O) groups is 1. The Labute approximate surface area is 102 Å². The summed E-state index contributed by atoms with van der Waals surface area (Å²) in [5.41, 5.74) is 0. The van der Waals surface area contributed by atoms with Crippen LogP contribution in [-0.2, 0) is 4.79 Å². The lowest BCUT2D eigenvalue weighted by molar-refractivity contribution is -0.125. The third kappa shape index (κ3) is 7.83. The zero-order valence-electron chi connectivity index (χ0n) is 10.2. The molecule has 2 nitrogen and oxygen atoms in total. The van der Waals surface area contributed by atoms with Crippen LogP contribution < -0.4 is 5.32 Å². The molecule has 0 spiro atoms. The lowest BCUT2D eigenvalue weighted by Gasteiger charge is -2.14. The number of amides is 1. The van der Waals surface area contributed by atoms with Crippen molar-refractivity contribution in [1.82, 2.24) is 5.32 Å². The second-order valence-electron chi connectivity index (χ2n) is 4.11. The number of carbonyl (C=O) groups excluding carboxylic acids is 1. The number of alkyl halides is 1. The molecule has 15 heavy (non-hydrogen) atoms. The maximum atomic E-state index is 11.7. The van der Waals surface area contributed by atoms with Crippen molar-refractivity contribution in [3.05, 3.63) is 0 Å². The van der Waals surface area contributed by atoms with Crippen LogP contribution in [0.5, 0.6) is 0 Å². The molecule has 0 aliphatic heterocycles. The number of hydrogen-bond donors (Lipinski definition) is 1. The Hall–Kier alpha value is -0.0500. The lowest BCUT2D eigenvalue weighted by Crippen LogP contribution is -2.31. The third-order valence-electron chi connectivity index (χ3n) is 2.61. The Morgan fingerprint density at radius 2 is 2.00 bits per heavy atom. The van der Waals surface area contributed by atoms with Crippen LogP contribution in [0.25, 0.3) is 0 Å². The largest absolute Gasteiger partial charge is 0.356 e. The smallest absolute Gasteiger partial charge is 0.223 e. The Balaban J connectivity index is 3.73. The van der Waals surface area contributed by atoms with Crippen LogP contribution in [0.1, 0.15) is 52.9 Å². The van der Waals surface area contributed by atoms with Crippen LogP contribution in [0, 0.1) is 5.92 Å². The molecule has 0 fully saturated rings. The van der Waals surface area contributed by atoms with Gasteiger partial charge in [0.25, 0.3) is 0 Å². The van der Waals surface area contributed by atoms with Crippen molar-refractivity contribution in [2.24, 2.45) is 5.92 Å². The first-order chi connectivity index (χ1) is 7.11. The van der Waals surface area contributed by atoms with Gasteiger partial charge < -0.3 is 5.32 Å². The highest BCUT2D eigenvalue weighted by molar-refractivity contribution is 9.09. The molecule has 0 rings (SSSR count). The average Bonchev–Trinajstić information content (AvgIpc) is 2.18. The van der Waals surface area contributed by atoms with Crippen molar-refractivity contribution in [2.45, 2.75) is 57.7 Å². The quantitative estimate of drug-likeness (QED) is 0.676. The van der Waals surface area contributed by atoms with E-state index in [9.17, 15) is 4.79 Å². The summed E-state index contributed by atoms with van der Waals surface area (Å²) in [5, 5.41) is 3.00. The molecule has 0 saturated carbocycles. The molecule has 0 aromatic rings. The van der Waals surface area contributed by atoms with Crippen LogP contribution in [0.4, 0.5) is 0 Å². The third-order valence-corrected chi connectivity index (χ3v) is 3.07. The van der Waals surface area contributed by atoms with E-state index in [-0.39, 0.29) is 11.8 Å². The first-order valence-electron chi connectivity index (χ1n) is 6.03. The normalized spacial score (nSPS) is 14.7. The highest BCUT2D eigenvalue weighted by Gasteiger charge is 2.14. The van der Waals surface area contributed by atoms with E-state index in [1.165, 1.54) is 6.42 Å². The summed E-state index contributed by atoms with van der Waals surface area (Å²) in [7, 11) is 0. The van der Waals surface area contributed by atoms with Gasteiger partial charge in [0, 0.05) is 17.3 Å². The Kier molecular flexibility index (Phi) is 9.17. The molecule has 0 aromatic carbocycles. The summed E-state index contributed by atoms with van der Waals surface area (Å²) in [6, 6.07) is 0. The molecule has 1 amide bonds. The first-order valence-corrected chi connectivity index (χ1v) is 6.95. The van der Waals surface area contributed by atoms with Gasteiger partial charge in [-0.25, -0.2) is 0 Å². The predicted octanol–water partition coefficient (Wildman–Crippen LogP) is 3.49. The summed E-state index contributed by atoms with van der Waals surface area (Å²) in [4.78, 5) is 12.2. The van der Waals surface area contributed by atoms with Gasteiger partial charge in [0.1, 0.15) is 0 Å². The van der Waals surface area contributed by atoms with E-state index >= 15 is 0 Å². The molecule has 3 heteroatoms. The van der Waals surface area contributed by atoms with Crippen LogP contribution in [-0.4, -0.2) is 17.3 Å². The van der Waals surface area contributed by atoms with Gasteiger partial charge in [-0.05, 0) is 19.3 Å². The number of halogens is 1. The zero-order chi connectivity index (χ0) is 11.7. The summed E-state index contributed by atoms with van der Waals surface area (Å²) >= 11 is 3.47. The fraction of sp³-hybridized carbons (Fsp3) is 0.917. The van der Waals surface area contributed by atoms with Crippen LogP contribution in [0.2, 0.25) is 0 Å². The molecule has 0 aliphatic rings. The van der Waals surface area contributed by atoms with E-state index in [1.54, 1.807) is 0 Å². The lowest BCUT2D eigenvalue weighted by atomic mass is 9.98. The second kappa shape index (κ2) is 9.20. The highest BCUT2D eigenvalue weighted by atomic mass is 79.9. The molecule has 0 aliphatic carbocycles. The van der Waals surface area contributed by atoms with Crippen LogP contribution >= 0.6 is 15.9 Å². The number of rotatable bonds is 8. The molecule has 0 aromatic heterocycles. The summed E-state index contributed by atoms with van der Waals surface area (Å²) < 4.78 is 0. The zero-order valence-corrected chi connectivity index (χ0v) is 11.8. The molecule has 0 saturated heterocycles. The van der Waals surface area contributed by atoms with Crippen molar-refractivity contribution in [2.75, 3.05) is 6.54 Å². The minimum absolute atomic E-state index is 0.218. The van der Waals surface area contributed by atoms with Crippen LogP contribution in [0.15, 0.2) is 0 Å². The predicted molar refractivity (Wildman–Crippen MR) is 69.3 cm³/mol. The molecule has 0 radical (unpaired) electrons. The molecule has 2 unspecified atom stereocenters. The number of unbranched alkanes of at least 4 members (excludes halogenated alkanes) is 1. The molecule has 1 N–H and O–H groups in total. The van der Waals surface area contributed by atoms with Crippen molar-refractivity contribution in [1.29, 1.82) is 0 Å². The monoisotopic (exact) mass is 277 g/mol. The first kappa shape index (κ1) is 14.9. The van der Waals surface area contributed by atoms with Crippen molar-refractivity contribution < 1.29 is 4.79 Å². The van der Waals surface area contributed by atoms with E-state index < -0.39 is 0 Å². The maximum absolute atomic E-state index is 11.7.